The normalized spacial score (nSPS) is 15.8. The lowest BCUT2D eigenvalue weighted by molar-refractivity contribution is -0.142. The van der Waals surface area contributed by atoms with Crippen LogP contribution in [0.4, 0.5) is 0 Å². The van der Waals surface area contributed by atoms with Gasteiger partial charge in [-0.3, -0.25) is 52.7 Å². The maximum absolute atomic E-state index is 14.3. The quantitative estimate of drug-likeness (QED) is 0.0400. The summed E-state index contributed by atoms with van der Waals surface area (Å²) in [5, 5.41) is 46.5. The molecule has 1 aromatic rings. The van der Waals surface area contributed by atoms with Crippen molar-refractivity contribution < 1.29 is 63.0 Å². The van der Waals surface area contributed by atoms with Crippen LogP contribution in [-0.4, -0.2) is 149 Å². The summed E-state index contributed by atoms with van der Waals surface area (Å²) in [6.45, 7) is 18.6. The molecule has 0 fully saturated rings. The predicted molar refractivity (Wildman–Crippen MR) is 297 cm³/mol. The SMILES string of the molecule is CCCC[C@H](C)C(=O)N[C@H](Cc1ccccc1)C(=O)N[C@H](C(=O)N[C@H](C(=O)N[C@@H](CC(C)C)C(=O)N[C@@H](CC(=O)O)C(=O)N[C@@H](CC(C)C)C(=O)N[C@@H](CCCCN)C(=O)N[C@@H](C)C(=O)N[C@@H](C)C(=O)NC)[C@@H](C)CC)[C@@H](C)O. The Hall–Kier alpha value is -6.69. The van der Waals surface area contributed by atoms with Crippen LogP contribution in [-0.2, 0) is 59.2 Å². The lowest BCUT2D eigenvalue weighted by Crippen LogP contribution is -2.62. The molecule has 446 valence electrons. The third-order valence-electron chi connectivity index (χ3n) is 13.2. The smallest absolute Gasteiger partial charge is 0.305 e. The average Bonchev–Trinajstić information content (AvgIpc) is 3.38. The Balaban J connectivity index is 3.46. The molecule has 0 heterocycles. The molecule has 79 heavy (non-hydrogen) atoms. The zero-order valence-electron chi connectivity index (χ0n) is 48.4. The van der Waals surface area contributed by atoms with Crippen molar-refractivity contribution in [3.05, 3.63) is 35.9 Å². The molecule has 24 nitrogen and oxygen atoms in total. The monoisotopic (exact) mass is 1120 g/mol. The fraction of sp³-hybridized carbons (Fsp3) is 0.691. The second-order valence-corrected chi connectivity index (χ2v) is 21.4. The maximum atomic E-state index is 14.3. The first-order chi connectivity index (χ1) is 37.1. The van der Waals surface area contributed by atoms with E-state index >= 15 is 0 Å². The minimum atomic E-state index is -1.80. The molecule has 0 bridgehead atoms. The number of aliphatic hydroxyl groups excluding tert-OH is 1. The van der Waals surface area contributed by atoms with Crippen molar-refractivity contribution >= 4 is 65.0 Å². The molecule has 0 spiro atoms. The van der Waals surface area contributed by atoms with Gasteiger partial charge in [0.2, 0.25) is 59.1 Å². The van der Waals surface area contributed by atoms with Crippen LogP contribution in [0.15, 0.2) is 30.3 Å². The summed E-state index contributed by atoms with van der Waals surface area (Å²) in [4.78, 5) is 148. The van der Waals surface area contributed by atoms with Gasteiger partial charge < -0.3 is 69.1 Å². The van der Waals surface area contributed by atoms with Crippen molar-refractivity contribution in [1.29, 1.82) is 0 Å². The Kier molecular flexibility index (Phi) is 32.5. The highest BCUT2D eigenvalue weighted by atomic mass is 16.4. The van der Waals surface area contributed by atoms with Gasteiger partial charge in [0.05, 0.1) is 12.5 Å². The molecule has 1 aromatic carbocycles. The van der Waals surface area contributed by atoms with E-state index < -0.39 is 138 Å². The van der Waals surface area contributed by atoms with E-state index in [1.165, 1.54) is 27.8 Å². The van der Waals surface area contributed by atoms with Crippen LogP contribution in [0.1, 0.15) is 146 Å². The molecule has 1 rings (SSSR count). The third kappa shape index (κ3) is 26.2. The second kappa shape index (κ2) is 36.5. The van der Waals surface area contributed by atoms with Crippen molar-refractivity contribution in [3.8, 4) is 0 Å². The van der Waals surface area contributed by atoms with Crippen LogP contribution in [0.3, 0.4) is 0 Å². The number of aliphatic hydroxyl groups is 1. The van der Waals surface area contributed by atoms with Crippen molar-refractivity contribution in [2.75, 3.05) is 13.6 Å². The molecule has 0 aromatic heterocycles. The standard InChI is InChI=1S/C55H93N11O13/c1-13-15-21-33(8)46(70)61-41(28-37-22-17-16-18-23-37)53(77)66-45(36(11)67)55(79)65-44(32(7)14-2)54(78)64-40(27-31(5)6)51(75)63-42(29-43(68)69)52(76)62-39(26-30(3)4)50(74)60-38(24-19-20-25-56)49(73)59-35(10)48(72)58-34(9)47(71)57-12/h16-18,22-23,30-36,38-42,44-45,67H,13-15,19-21,24-29,56H2,1-12H3,(H,57,71)(H,58,72)(H,59,73)(H,60,74)(H,61,70)(H,62,76)(H,63,75)(H,64,78)(H,65,79)(H,66,77)(H,68,69)/t32-,33-,34-,35-,36+,38-,39-,40-,41+,42-,44-,45-/m0/s1. The summed E-state index contributed by atoms with van der Waals surface area (Å²) in [5.41, 5.74) is 6.41. The Morgan fingerprint density at radius 1 is 0.494 bits per heavy atom. The predicted octanol–water partition coefficient (Wildman–Crippen LogP) is 0.327. The fourth-order valence-electron chi connectivity index (χ4n) is 8.25. The molecular formula is C55H93N11O13. The third-order valence-corrected chi connectivity index (χ3v) is 13.2. The molecular weight excluding hydrogens is 1020 g/mol. The Bertz CT molecular complexity index is 2160. The van der Waals surface area contributed by atoms with Gasteiger partial charge in [-0.05, 0) is 89.2 Å². The van der Waals surface area contributed by atoms with Gasteiger partial charge in [0.15, 0.2) is 0 Å². The summed E-state index contributed by atoms with van der Waals surface area (Å²) in [5.74, 6) is -10.7. The molecule has 0 saturated heterocycles. The number of hydrogen-bond donors (Lipinski definition) is 13. The van der Waals surface area contributed by atoms with Crippen LogP contribution >= 0.6 is 0 Å². The summed E-state index contributed by atoms with van der Waals surface area (Å²) >= 11 is 0. The fourth-order valence-corrected chi connectivity index (χ4v) is 8.25. The van der Waals surface area contributed by atoms with E-state index in [2.05, 4.69) is 53.2 Å². The summed E-state index contributed by atoms with van der Waals surface area (Å²) < 4.78 is 0. The number of nitrogens with one attached hydrogen (secondary N) is 10. The number of hydrogen-bond acceptors (Lipinski definition) is 13. The van der Waals surface area contributed by atoms with Gasteiger partial charge in [0.1, 0.15) is 54.4 Å². The number of amides is 10. The first kappa shape index (κ1) is 70.3. The van der Waals surface area contributed by atoms with Crippen LogP contribution < -0.4 is 58.9 Å². The van der Waals surface area contributed by atoms with E-state index in [9.17, 15) is 63.0 Å². The van der Waals surface area contributed by atoms with Crippen LogP contribution in [0.25, 0.3) is 0 Å². The lowest BCUT2D eigenvalue weighted by Gasteiger charge is -2.30. The molecule has 0 aliphatic carbocycles. The number of unbranched alkanes of at least 4 members (excludes halogenated alkanes) is 2. The van der Waals surface area contributed by atoms with Crippen molar-refractivity contribution in [2.45, 2.75) is 207 Å². The number of carbonyl (C=O) groups is 11. The number of carboxylic acids is 1. The number of benzene rings is 1. The van der Waals surface area contributed by atoms with Gasteiger partial charge in [-0.2, -0.15) is 0 Å². The summed E-state index contributed by atoms with van der Waals surface area (Å²) in [6.07, 6.45) is 1.11. The molecule has 0 unspecified atom stereocenters. The first-order valence-electron chi connectivity index (χ1n) is 27.7. The van der Waals surface area contributed by atoms with Gasteiger partial charge in [-0.1, -0.05) is 105 Å². The molecule has 12 atom stereocenters. The van der Waals surface area contributed by atoms with Crippen LogP contribution in [0, 0.1) is 23.7 Å². The highest BCUT2D eigenvalue weighted by molar-refractivity contribution is 5.99. The highest BCUT2D eigenvalue weighted by Gasteiger charge is 2.38. The molecule has 0 saturated carbocycles. The Morgan fingerprint density at radius 3 is 1.46 bits per heavy atom. The number of nitrogens with two attached hydrogens (primary N) is 1. The number of carboxylic acid groups (broad SMARTS) is 1. The van der Waals surface area contributed by atoms with Crippen molar-refractivity contribution in [3.63, 3.8) is 0 Å². The van der Waals surface area contributed by atoms with E-state index in [0.717, 1.165) is 18.4 Å². The molecule has 24 heteroatoms. The molecule has 0 aliphatic rings. The van der Waals surface area contributed by atoms with E-state index in [1.807, 2.05) is 6.92 Å². The van der Waals surface area contributed by atoms with Crippen LogP contribution in [0.2, 0.25) is 0 Å². The molecule has 0 aliphatic heterocycles. The van der Waals surface area contributed by atoms with Gasteiger partial charge >= 0.3 is 5.97 Å². The van der Waals surface area contributed by atoms with Gasteiger partial charge in [0, 0.05) is 19.4 Å². The minimum absolute atomic E-state index is 0.00375. The summed E-state index contributed by atoms with van der Waals surface area (Å²) in [7, 11) is 1.40. The molecule has 14 N–H and O–H groups in total. The maximum Gasteiger partial charge on any atom is 0.305 e. The first-order valence-corrected chi connectivity index (χ1v) is 27.7. The van der Waals surface area contributed by atoms with E-state index in [0.29, 0.717) is 25.7 Å². The molecule has 10 amide bonds. The van der Waals surface area contributed by atoms with E-state index in [1.54, 1.807) is 78.8 Å². The minimum Gasteiger partial charge on any atom is -0.481 e. The Morgan fingerprint density at radius 2 is 0.949 bits per heavy atom. The average molecular weight is 1120 g/mol. The van der Waals surface area contributed by atoms with E-state index in [4.69, 9.17) is 5.73 Å². The highest BCUT2D eigenvalue weighted by Crippen LogP contribution is 2.15. The topological polar surface area (TPSA) is 375 Å². The molecule has 0 radical (unpaired) electrons. The number of rotatable bonds is 37. The largest absolute Gasteiger partial charge is 0.481 e. The Labute approximate surface area is 466 Å². The summed E-state index contributed by atoms with van der Waals surface area (Å²) in [6, 6.07) is -3.05. The van der Waals surface area contributed by atoms with Gasteiger partial charge in [-0.25, -0.2) is 0 Å². The van der Waals surface area contributed by atoms with Crippen LogP contribution in [0.5, 0.6) is 0 Å². The zero-order chi connectivity index (χ0) is 60.1. The second-order valence-electron chi connectivity index (χ2n) is 21.4. The van der Waals surface area contributed by atoms with Gasteiger partial charge in [0.25, 0.3) is 0 Å². The van der Waals surface area contributed by atoms with Crippen molar-refractivity contribution in [2.24, 2.45) is 29.4 Å². The van der Waals surface area contributed by atoms with Gasteiger partial charge in [-0.15, -0.1) is 0 Å². The number of carbonyl (C=O) groups excluding carboxylic acids is 10. The van der Waals surface area contributed by atoms with Crippen molar-refractivity contribution in [1.82, 2.24) is 53.2 Å². The lowest BCUT2D eigenvalue weighted by atomic mass is 9.96. The number of likely N-dealkylation sites (N-methyl/N-ethyl adjacent to an activating group) is 1. The zero-order valence-corrected chi connectivity index (χ0v) is 48.4. The number of aliphatic carboxylic acids is 1. The van der Waals surface area contributed by atoms with E-state index in [-0.39, 0.29) is 50.0 Å².